The van der Waals surface area contributed by atoms with E-state index in [9.17, 15) is 0 Å². The number of hydrogen-bond donors (Lipinski definition) is 2. The van der Waals surface area contributed by atoms with E-state index in [0.717, 1.165) is 17.2 Å². The number of aromatic amines is 1. The van der Waals surface area contributed by atoms with Crippen LogP contribution in [-0.4, -0.2) is 26.7 Å². The second-order valence-corrected chi connectivity index (χ2v) is 2.87. The zero-order chi connectivity index (χ0) is 9.80. The van der Waals surface area contributed by atoms with Crippen LogP contribution in [0.3, 0.4) is 0 Å². The number of nitrogens with one attached hydrogen (secondary N) is 1. The lowest BCUT2D eigenvalue weighted by Gasteiger charge is -1.92. The summed E-state index contributed by atoms with van der Waals surface area (Å²) < 4.78 is 0. The molecule has 0 bridgehead atoms. The SMILES string of the molecule is NCCc1n[nH]c(-c2ccncc2)n1. The van der Waals surface area contributed by atoms with E-state index in [1.165, 1.54) is 0 Å². The molecular formula is C9H11N5. The van der Waals surface area contributed by atoms with Crippen LogP contribution in [-0.2, 0) is 6.42 Å². The van der Waals surface area contributed by atoms with Crippen LogP contribution in [0.5, 0.6) is 0 Å². The molecule has 0 spiro atoms. The Hall–Kier alpha value is -1.75. The molecule has 0 aromatic carbocycles. The molecular weight excluding hydrogens is 178 g/mol. The standard InChI is InChI=1S/C9H11N5/c10-4-1-8-12-9(14-13-8)7-2-5-11-6-3-7/h2-3,5-6H,1,4,10H2,(H,12,13,14). The topological polar surface area (TPSA) is 80.5 Å². The van der Waals surface area contributed by atoms with Gasteiger partial charge in [0.1, 0.15) is 0 Å². The summed E-state index contributed by atoms with van der Waals surface area (Å²) in [6.45, 7) is 0.563. The van der Waals surface area contributed by atoms with Crippen LogP contribution < -0.4 is 5.73 Å². The van der Waals surface area contributed by atoms with Gasteiger partial charge in [0.15, 0.2) is 11.6 Å². The largest absolute Gasteiger partial charge is 0.330 e. The van der Waals surface area contributed by atoms with Crippen LogP contribution in [0, 0.1) is 0 Å². The highest BCUT2D eigenvalue weighted by atomic mass is 15.2. The summed E-state index contributed by atoms with van der Waals surface area (Å²) >= 11 is 0. The minimum Gasteiger partial charge on any atom is -0.330 e. The summed E-state index contributed by atoms with van der Waals surface area (Å²) in [5.74, 6) is 1.51. The highest BCUT2D eigenvalue weighted by molar-refractivity contribution is 5.52. The Morgan fingerprint density at radius 3 is 2.79 bits per heavy atom. The number of nitrogens with two attached hydrogens (primary N) is 1. The van der Waals surface area contributed by atoms with Crippen molar-refractivity contribution in [3.8, 4) is 11.4 Å². The third kappa shape index (κ3) is 1.77. The Bertz CT molecular complexity index is 395. The van der Waals surface area contributed by atoms with E-state index in [4.69, 9.17) is 5.73 Å². The minimum atomic E-state index is 0.563. The molecule has 72 valence electrons. The zero-order valence-corrected chi connectivity index (χ0v) is 7.64. The van der Waals surface area contributed by atoms with E-state index in [1.54, 1.807) is 12.4 Å². The van der Waals surface area contributed by atoms with Crippen molar-refractivity contribution in [3.05, 3.63) is 30.4 Å². The Kier molecular flexibility index (Phi) is 2.51. The molecule has 0 unspecified atom stereocenters. The van der Waals surface area contributed by atoms with Crippen LogP contribution in [0.25, 0.3) is 11.4 Å². The third-order valence-corrected chi connectivity index (χ3v) is 1.85. The molecule has 0 saturated heterocycles. The highest BCUT2D eigenvalue weighted by Crippen LogP contribution is 2.12. The molecule has 0 aliphatic heterocycles. The van der Waals surface area contributed by atoms with E-state index >= 15 is 0 Å². The van der Waals surface area contributed by atoms with Crippen LogP contribution in [0.2, 0.25) is 0 Å². The molecule has 14 heavy (non-hydrogen) atoms. The van der Waals surface area contributed by atoms with E-state index < -0.39 is 0 Å². The van der Waals surface area contributed by atoms with Crippen LogP contribution >= 0.6 is 0 Å². The minimum absolute atomic E-state index is 0.563. The molecule has 2 aromatic heterocycles. The van der Waals surface area contributed by atoms with E-state index in [1.807, 2.05) is 12.1 Å². The van der Waals surface area contributed by atoms with Gasteiger partial charge in [-0.05, 0) is 18.7 Å². The van der Waals surface area contributed by atoms with Crippen molar-refractivity contribution in [3.63, 3.8) is 0 Å². The van der Waals surface area contributed by atoms with Gasteiger partial charge >= 0.3 is 0 Å². The molecule has 3 N–H and O–H groups in total. The highest BCUT2D eigenvalue weighted by Gasteiger charge is 2.03. The van der Waals surface area contributed by atoms with E-state index in [2.05, 4.69) is 20.2 Å². The summed E-state index contributed by atoms with van der Waals surface area (Å²) in [5, 5.41) is 6.91. The maximum absolute atomic E-state index is 5.40. The number of pyridine rings is 1. The first-order chi connectivity index (χ1) is 6.90. The Balaban J connectivity index is 2.25. The van der Waals surface area contributed by atoms with E-state index in [-0.39, 0.29) is 0 Å². The molecule has 0 aliphatic carbocycles. The quantitative estimate of drug-likeness (QED) is 0.730. The number of aromatic nitrogens is 4. The fourth-order valence-electron chi connectivity index (χ4n) is 1.18. The lowest BCUT2D eigenvalue weighted by atomic mass is 10.2. The predicted molar refractivity (Wildman–Crippen MR) is 52.4 cm³/mol. The lowest BCUT2D eigenvalue weighted by molar-refractivity contribution is 0.874. The molecule has 5 nitrogen and oxygen atoms in total. The summed E-state index contributed by atoms with van der Waals surface area (Å²) in [6, 6.07) is 3.76. The normalized spacial score (nSPS) is 10.4. The van der Waals surface area contributed by atoms with Crippen LogP contribution in [0.4, 0.5) is 0 Å². The second kappa shape index (κ2) is 3.97. The van der Waals surface area contributed by atoms with Crippen LogP contribution in [0.15, 0.2) is 24.5 Å². The lowest BCUT2D eigenvalue weighted by Crippen LogP contribution is -2.03. The smallest absolute Gasteiger partial charge is 0.155 e. The number of hydrogen-bond acceptors (Lipinski definition) is 4. The first-order valence-corrected chi connectivity index (χ1v) is 4.42. The van der Waals surface area contributed by atoms with Gasteiger partial charge in [0.05, 0.1) is 0 Å². The zero-order valence-electron chi connectivity index (χ0n) is 7.64. The van der Waals surface area contributed by atoms with Gasteiger partial charge in [-0.2, -0.15) is 5.10 Å². The number of rotatable bonds is 3. The van der Waals surface area contributed by atoms with Gasteiger partial charge in [-0.3, -0.25) is 10.1 Å². The molecule has 0 atom stereocenters. The monoisotopic (exact) mass is 189 g/mol. The van der Waals surface area contributed by atoms with Crippen molar-refractivity contribution in [2.75, 3.05) is 6.54 Å². The van der Waals surface area contributed by atoms with Gasteiger partial charge in [0.25, 0.3) is 0 Å². The van der Waals surface area contributed by atoms with Crippen molar-refractivity contribution < 1.29 is 0 Å². The first-order valence-electron chi connectivity index (χ1n) is 4.42. The maximum Gasteiger partial charge on any atom is 0.155 e. The molecule has 5 heteroatoms. The van der Waals surface area contributed by atoms with Crippen molar-refractivity contribution >= 4 is 0 Å². The third-order valence-electron chi connectivity index (χ3n) is 1.85. The first kappa shape index (κ1) is 8.83. The van der Waals surface area contributed by atoms with Gasteiger partial charge in [-0.1, -0.05) is 0 Å². The molecule has 2 aromatic rings. The fraction of sp³-hybridized carbons (Fsp3) is 0.222. The Morgan fingerprint density at radius 2 is 2.07 bits per heavy atom. The average molecular weight is 189 g/mol. The molecule has 0 radical (unpaired) electrons. The van der Waals surface area contributed by atoms with Gasteiger partial charge < -0.3 is 5.73 Å². The molecule has 0 amide bonds. The van der Waals surface area contributed by atoms with Crippen LogP contribution in [0.1, 0.15) is 5.82 Å². The van der Waals surface area contributed by atoms with Crippen molar-refractivity contribution in [1.29, 1.82) is 0 Å². The van der Waals surface area contributed by atoms with Gasteiger partial charge in [0.2, 0.25) is 0 Å². The predicted octanol–water partition coefficient (Wildman–Crippen LogP) is 0.368. The van der Waals surface area contributed by atoms with Crippen molar-refractivity contribution in [1.82, 2.24) is 20.2 Å². The Morgan fingerprint density at radius 1 is 1.29 bits per heavy atom. The Labute approximate surface area is 81.4 Å². The summed E-state index contributed by atoms with van der Waals surface area (Å²) in [7, 11) is 0. The molecule has 0 aliphatic rings. The second-order valence-electron chi connectivity index (χ2n) is 2.87. The maximum atomic E-state index is 5.40. The van der Waals surface area contributed by atoms with Gasteiger partial charge in [0, 0.05) is 24.4 Å². The van der Waals surface area contributed by atoms with Gasteiger partial charge in [-0.15, -0.1) is 0 Å². The number of nitrogens with zero attached hydrogens (tertiary/aromatic N) is 3. The average Bonchev–Trinajstić information content (AvgIpc) is 2.68. The fourth-order valence-corrected chi connectivity index (χ4v) is 1.18. The summed E-state index contributed by atoms with van der Waals surface area (Å²) in [6.07, 6.45) is 4.14. The molecule has 0 fully saturated rings. The molecule has 2 heterocycles. The van der Waals surface area contributed by atoms with Crippen molar-refractivity contribution in [2.24, 2.45) is 5.73 Å². The van der Waals surface area contributed by atoms with Gasteiger partial charge in [-0.25, -0.2) is 4.98 Å². The summed E-state index contributed by atoms with van der Waals surface area (Å²) in [5.41, 5.74) is 6.39. The number of H-pyrrole nitrogens is 1. The molecule has 2 rings (SSSR count). The van der Waals surface area contributed by atoms with E-state index in [0.29, 0.717) is 13.0 Å². The molecule has 0 saturated carbocycles. The summed E-state index contributed by atoms with van der Waals surface area (Å²) in [4.78, 5) is 8.23. The van der Waals surface area contributed by atoms with Crippen molar-refractivity contribution in [2.45, 2.75) is 6.42 Å².